The number of aryl methyl sites for hydroxylation is 1. The van der Waals surface area contributed by atoms with Gasteiger partial charge in [0.1, 0.15) is 11.6 Å². The second-order valence-corrected chi connectivity index (χ2v) is 9.63. The Bertz CT molecular complexity index is 1420. The van der Waals surface area contributed by atoms with Crippen molar-refractivity contribution in [1.29, 1.82) is 0 Å². The minimum absolute atomic E-state index is 0. The Labute approximate surface area is 239 Å². The number of carbonyl (C=O) groups excluding carboxylic acids is 1. The number of methoxy groups -OCH3 is 1. The molecule has 0 saturated carbocycles. The number of urea groups is 1. The van der Waals surface area contributed by atoms with Crippen LogP contribution in [0.4, 0.5) is 4.79 Å². The molecule has 4 aromatic rings. The van der Waals surface area contributed by atoms with E-state index in [1.54, 1.807) is 0 Å². The van der Waals surface area contributed by atoms with Gasteiger partial charge in [-0.15, -0.1) is 0 Å². The van der Waals surface area contributed by atoms with Gasteiger partial charge in [0.15, 0.2) is 6.03 Å². The maximum atomic E-state index is 12.3. The summed E-state index contributed by atoms with van der Waals surface area (Å²) < 4.78 is 35.1. The third-order valence-corrected chi connectivity index (χ3v) is 6.90. The molecular weight excluding hydrogens is 499 g/mol. The second kappa shape index (κ2) is 12.9. The largest absolute Gasteiger partial charge is 1.00 e. The molecule has 186 valence electrons. The van der Waals surface area contributed by atoms with Crippen LogP contribution in [-0.4, -0.2) is 37.7 Å². The molecule has 2 amide bonds. The molecule has 0 atom stereocenters. The van der Waals surface area contributed by atoms with Crippen molar-refractivity contribution >= 4 is 16.1 Å². The molecule has 0 spiro atoms. The van der Waals surface area contributed by atoms with E-state index in [0.717, 1.165) is 34.8 Å². The average molecular weight is 527 g/mol. The average Bonchev–Trinajstić information content (AvgIpc) is 3.34. The third kappa shape index (κ3) is 7.23. The zero-order valence-electron chi connectivity index (χ0n) is 21.1. The Balaban J connectivity index is 0.00000380. The number of nitrogens with one attached hydrogen (secondary N) is 1. The minimum atomic E-state index is -4.09. The molecule has 0 aliphatic heterocycles. The van der Waals surface area contributed by atoms with E-state index in [2.05, 4.69) is 21.5 Å². The van der Waals surface area contributed by atoms with Gasteiger partial charge in [-0.2, -0.15) is 0 Å². The van der Waals surface area contributed by atoms with Crippen molar-refractivity contribution in [2.45, 2.75) is 24.7 Å². The molecule has 0 fully saturated rings. The number of carbonyl (C=O) groups is 1. The van der Waals surface area contributed by atoms with Gasteiger partial charge in [-0.3, -0.25) is 4.79 Å². The predicted octanol–water partition coefficient (Wildman–Crippen LogP) is 2.13. The maximum Gasteiger partial charge on any atom is 1.00 e. The molecule has 37 heavy (non-hydrogen) atoms. The van der Waals surface area contributed by atoms with E-state index in [9.17, 15) is 13.2 Å². The minimum Gasteiger partial charge on any atom is -0.497 e. The molecular formula is C27H27N4NaO4S. The fourth-order valence-electron chi connectivity index (χ4n) is 3.72. The molecule has 1 heterocycles. The van der Waals surface area contributed by atoms with E-state index in [4.69, 9.17) is 9.72 Å². The van der Waals surface area contributed by atoms with Crippen LogP contribution in [0.25, 0.3) is 21.7 Å². The van der Waals surface area contributed by atoms with Crippen molar-refractivity contribution in [2.75, 3.05) is 13.7 Å². The SMILES string of the molecule is CCc1nc(-c2ccccc2)cn1-c1ccc(CCNC(=O)[N-]S(=O)(=O)c2ccc(OC)cc2)cc1.[Na+]. The van der Waals surface area contributed by atoms with Gasteiger partial charge in [-0.25, -0.2) is 13.4 Å². The first kappa shape index (κ1) is 28.5. The standard InChI is InChI=1S/C27H28N4O4S.Na/c1-3-26-29-25(21-7-5-4-6-8-21)19-31(26)22-11-9-20(10-12-22)17-18-28-27(32)30-36(33,34)24-15-13-23(35-2)14-16-24;/h4-16,19H,3,17-18H2,1-2H3,(H2,28,30,32);/q;+1/p-1. The van der Waals surface area contributed by atoms with E-state index in [0.29, 0.717) is 12.2 Å². The van der Waals surface area contributed by atoms with Gasteiger partial charge in [0.2, 0.25) is 10.0 Å². The van der Waals surface area contributed by atoms with Crippen molar-refractivity contribution in [1.82, 2.24) is 14.9 Å². The zero-order valence-corrected chi connectivity index (χ0v) is 23.9. The molecule has 0 radical (unpaired) electrons. The van der Waals surface area contributed by atoms with Crippen molar-refractivity contribution in [3.63, 3.8) is 0 Å². The van der Waals surface area contributed by atoms with Crippen molar-refractivity contribution in [3.8, 4) is 22.7 Å². The molecule has 1 N–H and O–H groups in total. The Kier molecular flexibility index (Phi) is 9.93. The van der Waals surface area contributed by atoms with Gasteiger partial charge >= 0.3 is 29.6 Å². The molecule has 1 aromatic heterocycles. The molecule has 0 aliphatic carbocycles. The zero-order chi connectivity index (χ0) is 25.5. The van der Waals surface area contributed by atoms with Gasteiger partial charge in [-0.1, -0.05) is 49.4 Å². The Morgan fingerprint density at radius 2 is 1.68 bits per heavy atom. The van der Waals surface area contributed by atoms with Crippen LogP contribution in [0, 0.1) is 0 Å². The Hall–Kier alpha value is -3.11. The number of hydrogen-bond acceptors (Lipinski definition) is 5. The van der Waals surface area contributed by atoms with Crippen LogP contribution in [0.15, 0.2) is 90.0 Å². The maximum absolute atomic E-state index is 12.3. The molecule has 10 heteroatoms. The summed E-state index contributed by atoms with van der Waals surface area (Å²) in [6.45, 7) is 2.33. The first-order valence-corrected chi connectivity index (χ1v) is 13.0. The number of nitrogens with zero attached hydrogens (tertiary/aromatic N) is 3. The number of sulfonamides is 1. The smallest absolute Gasteiger partial charge is 0.497 e. The summed E-state index contributed by atoms with van der Waals surface area (Å²) in [4.78, 5) is 16.8. The first-order valence-electron chi connectivity index (χ1n) is 11.5. The molecule has 4 rings (SSSR count). The normalized spacial score (nSPS) is 10.9. The molecule has 3 aromatic carbocycles. The van der Waals surface area contributed by atoms with Crippen molar-refractivity contribution in [3.05, 3.63) is 101 Å². The van der Waals surface area contributed by atoms with Crippen LogP contribution >= 0.6 is 0 Å². The first-order chi connectivity index (χ1) is 17.4. The van der Waals surface area contributed by atoms with Crippen molar-refractivity contribution < 1.29 is 47.5 Å². The van der Waals surface area contributed by atoms with Gasteiger partial charge in [0, 0.05) is 23.9 Å². The van der Waals surface area contributed by atoms with Gasteiger partial charge in [0.05, 0.1) is 17.7 Å². The van der Waals surface area contributed by atoms with Gasteiger partial charge in [0.25, 0.3) is 0 Å². The summed E-state index contributed by atoms with van der Waals surface area (Å²) >= 11 is 0. The number of rotatable bonds is 9. The van der Waals surface area contributed by atoms with Crippen LogP contribution in [0.5, 0.6) is 5.75 Å². The van der Waals surface area contributed by atoms with E-state index in [1.165, 1.54) is 31.4 Å². The monoisotopic (exact) mass is 526 g/mol. The summed E-state index contributed by atoms with van der Waals surface area (Å²) in [7, 11) is -2.61. The summed E-state index contributed by atoms with van der Waals surface area (Å²) in [5, 5.41) is 2.54. The predicted molar refractivity (Wildman–Crippen MR) is 139 cm³/mol. The van der Waals surface area contributed by atoms with E-state index in [-0.39, 0.29) is 41.0 Å². The fraction of sp³-hybridized carbons (Fsp3) is 0.185. The van der Waals surface area contributed by atoms with Crippen LogP contribution in [0.3, 0.4) is 0 Å². The summed E-state index contributed by atoms with van der Waals surface area (Å²) in [6, 6.07) is 22.8. The molecule has 0 unspecified atom stereocenters. The number of aromatic nitrogens is 2. The number of benzene rings is 3. The number of ether oxygens (including phenoxy) is 1. The van der Waals surface area contributed by atoms with E-state index < -0.39 is 16.1 Å². The van der Waals surface area contributed by atoms with Crippen molar-refractivity contribution in [2.24, 2.45) is 0 Å². The summed E-state index contributed by atoms with van der Waals surface area (Å²) in [5.74, 6) is 1.48. The number of hydrogen-bond donors (Lipinski definition) is 1. The van der Waals surface area contributed by atoms with Crippen LogP contribution in [0.1, 0.15) is 18.3 Å². The summed E-state index contributed by atoms with van der Waals surface area (Å²) in [5.41, 5.74) is 3.98. The molecule has 0 aliphatic rings. The van der Waals surface area contributed by atoms with Gasteiger partial charge < -0.3 is 19.3 Å². The topological polar surface area (TPSA) is 104 Å². The molecule has 8 nitrogen and oxygen atoms in total. The number of amides is 2. The summed E-state index contributed by atoms with van der Waals surface area (Å²) in [6.07, 6.45) is 3.36. The van der Waals surface area contributed by atoms with Crippen LogP contribution < -0.4 is 39.6 Å². The number of imidazole rings is 1. The quantitative estimate of drug-likeness (QED) is 0.337. The molecule has 0 saturated heterocycles. The Morgan fingerprint density at radius 1 is 1.00 bits per heavy atom. The third-order valence-electron chi connectivity index (χ3n) is 5.63. The van der Waals surface area contributed by atoms with Gasteiger partial charge in [-0.05, 0) is 54.9 Å². The van der Waals surface area contributed by atoms with E-state index >= 15 is 0 Å². The van der Waals surface area contributed by atoms with Crippen LogP contribution in [-0.2, 0) is 22.9 Å². The molecule has 0 bridgehead atoms. The Morgan fingerprint density at radius 3 is 2.30 bits per heavy atom. The van der Waals surface area contributed by atoms with Crippen LogP contribution in [0.2, 0.25) is 0 Å². The van der Waals surface area contributed by atoms with E-state index in [1.807, 2.05) is 60.8 Å². The second-order valence-electron chi connectivity index (χ2n) is 8.02. The fourth-order valence-corrected chi connectivity index (χ4v) is 4.59.